The van der Waals surface area contributed by atoms with Gasteiger partial charge in [0.1, 0.15) is 11.5 Å². The van der Waals surface area contributed by atoms with Crippen molar-refractivity contribution in [2.75, 3.05) is 0 Å². The summed E-state index contributed by atoms with van der Waals surface area (Å²) in [6.45, 7) is 6.99. The smallest absolute Gasteiger partial charge is 0.450 e. The van der Waals surface area contributed by atoms with Crippen LogP contribution in [0.15, 0.2) is 55.0 Å². The van der Waals surface area contributed by atoms with Gasteiger partial charge in [0.25, 0.3) is 5.91 Å². The predicted molar refractivity (Wildman–Crippen MR) is 77.0 cm³/mol. The molecule has 0 bridgehead atoms. The van der Waals surface area contributed by atoms with E-state index in [1.807, 2.05) is 0 Å². The van der Waals surface area contributed by atoms with Crippen molar-refractivity contribution in [3.05, 3.63) is 61.4 Å². The highest BCUT2D eigenvalue weighted by Crippen LogP contribution is 2.32. The molecule has 1 unspecified atom stereocenters. The lowest BCUT2D eigenvalue weighted by molar-refractivity contribution is 0.00354. The van der Waals surface area contributed by atoms with E-state index < -0.39 is 18.3 Å². The fourth-order valence-electron chi connectivity index (χ4n) is 1.90. The molecular formula is C14H12N4O4. The Morgan fingerprint density at radius 2 is 2.14 bits per heavy atom. The number of ether oxygens (including phenoxy) is 1. The van der Waals surface area contributed by atoms with Crippen LogP contribution in [0.5, 0.6) is 0 Å². The third-order valence-electron chi connectivity index (χ3n) is 2.68. The van der Waals surface area contributed by atoms with Gasteiger partial charge in [0.2, 0.25) is 6.23 Å². The summed E-state index contributed by atoms with van der Waals surface area (Å²) >= 11 is 0. The second kappa shape index (κ2) is 6.44. The van der Waals surface area contributed by atoms with E-state index >= 15 is 0 Å². The molecule has 112 valence electrons. The third kappa shape index (κ3) is 2.75. The number of rotatable bonds is 4. The molecule has 1 aromatic rings. The van der Waals surface area contributed by atoms with Gasteiger partial charge in [-0.05, 0) is 6.08 Å². The highest BCUT2D eigenvalue weighted by Gasteiger charge is 2.44. The average molecular weight is 300 g/mol. The van der Waals surface area contributed by atoms with Crippen LogP contribution in [0.4, 0.5) is 4.79 Å². The summed E-state index contributed by atoms with van der Waals surface area (Å²) in [6.07, 6.45) is 5.58. The molecule has 0 aliphatic carbocycles. The number of hydrogen-bond donors (Lipinski definition) is 1. The summed E-state index contributed by atoms with van der Waals surface area (Å²) < 4.78 is 4.77. The first kappa shape index (κ1) is 15.1. The van der Waals surface area contributed by atoms with Crippen LogP contribution in [0.2, 0.25) is 0 Å². The lowest BCUT2D eigenvalue weighted by atomic mass is 10.3. The molecule has 0 aromatic carbocycles. The van der Waals surface area contributed by atoms with Crippen molar-refractivity contribution >= 4 is 17.9 Å². The van der Waals surface area contributed by atoms with Crippen LogP contribution in [0, 0.1) is 0 Å². The molecule has 8 nitrogen and oxygen atoms in total. The Morgan fingerprint density at radius 1 is 1.41 bits per heavy atom. The maximum Gasteiger partial charge on any atom is 0.508 e. The first-order chi connectivity index (χ1) is 10.6. The maximum absolute atomic E-state index is 12.4. The van der Waals surface area contributed by atoms with Gasteiger partial charge < -0.3 is 9.84 Å². The van der Waals surface area contributed by atoms with E-state index in [2.05, 4.69) is 28.1 Å². The second-order valence-electron chi connectivity index (χ2n) is 3.97. The number of carboxylic acid groups (broad SMARTS) is 1. The van der Waals surface area contributed by atoms with Gasteiger partial charge in [-0.15, -0.1) is 0 Å². The summed E-state index contributed by atoms with van der Waals surface area (Å²) in [6, 6.07) is 0. The van der Waals surface area contributed by atoms with Crippen LogP contribution >= 0.6 is 0 Å². The van der Waals surface area contributed by atoms with Gasteiger partial charge in [-0.2, -0.15) is 0 Å². The number of fused-ring (bicyclic) bond motifs is 1. The van der Waals surface area contributed by atoms with E-state index in [0.29, 0.717) is 0 Å². The van der Waals surface area contributed by atoms with E-state index in [0.717, 1.165) is 4.90 Å². The minimum atomic E-state index is -1.55. The molecule has 1 amide bonds. The molecule has 0 saturated carbocycles. The first-order valence-corrected chi connectivity index (χ1v) is 6.12. The number of aromatic nitrogens is 2. The molecular weight excluding hydrogens is 288 g/mol. The molecule has 2 heterocycles. The zero-order chi connectivity index (χ0) is 16.1. The number of amidine groups is 1. The summed E-state index contributed by atoms with van der Waals surface area (Å²) in [7, 11) is 0. The summed E-state index contributed by atoms with van der Waals surface area (Å²) in [5, 5.41) is 8.89. The van der Waals surface area contributed by atoms with Crippen molar-refractivity contribution in [3.63, 3.8) is 0 Å². The number of carbonyl (C=O) groups is 2. The highest BCUT2D eigenvalue weighted by atomic mass is 16.7. The minimum Gasteiger partial charge on any atom is -0.450 e. The van der Waals surface area contributed by atoms with Crippen LogP contribution in [0.1, 0.15) is 22.4 Å². The third-order valence-corrected chi connectivity index (χ3v) is 2.68. The van der Waals surface area contributed by atoms with Gasteiger partial charge >= 0.3 is 6.16 Å². The van der Waals surface area contributed by atoms with Gasteiger partial charge in [0.05, 0.1) is 0 Å². The average Bonchev–Trinajstić information content (AvgIpc) is 2.76. The number of allylic oxidation sites excluding steroid dienone is 2. The largest absolute Gasteiger partial charge is 0.508 e. The van der Waals surface area contributed by atoms with E-state index in [4.69, 9.17) is 9.84 Å². The SMILES string of the molecule is C=C/C=C\C(=N/C=C)N1C(=O)c2nccnc2C1OC(=O)O. The minimum absolute atomic E-state index is 0.0116. The Kier molecular flexibility index (Phi) is 4.42. The summed E-state index contributed by atoms with van der Waals surface area (Å²) in [4.78, 5) is 36.3. The molecule has 0 radical (unpaired) electrons. The van der Waals surface area contributed by atoms with Crippen LogP contribution in [0.25, 0.3) is 0 Å². The normalized spacial score (nSPS) is 17.5. The van der Waals surface area contributed by atoms with Crippen molar-refractivity contribution in [3.8, 4) is 0 Å². The summed E-state index contributed by atoms with van der Waals surface area (Å²) in [5.41, 5.74) is 0.121. The highest BCUT2D eigenvalue weighted by molar-refractivity contribution is 6.12. The number of aliphatic imine (C=N–C) groups is 1. The zero-order valence-corrected chi connectivity index (χ0v) is 11.4. The van der Waals surface area contributed by atoms with Gasteiger partial charge in [0.15, 0.2) is 5.69 Å². The Hall–Kier alpha value is -3.29. The standard InChI is InChI=1S/C14H12N4O4/c1-3-5-6-9(15-4-2)18-12(19)10-11(17-8-7-16-10)13(18)22-14(20)21/h3-8,13H,1-2H2,(H,20,21)/b6-5-,15-9+. The molecule has 0 fully saturated rings. The Labute approximate surface area is 125 Å². The van der Waals surface area contributed by atoms with E-state index in [9.17, 15) is 9.59 Å². The molecule has 22 heavy (non-hydrogen) atoms. The predicted octanol–water partition coefficient (Wildman–Crippen LogP) is 1.91. The Morgan fingerprint density at radius 3 is 2.77 bits per heavy atom. The number of nitrogens with zero attached hydrogens (tertiary/aromatic N) is 4. The molecule has 0 spiro atoms. The van der Waals surface area contributed by atoms with Crippen LogP contribution in [0.3, 0.4) is 0 Å². The van der Waals surface area contributed by atoms with Crippen LogP contribution in [-0.2, 0) is 4.74 Å². The lowest BCUT2D eigenvalue weighted by Gasteiger charge is -2.22. The lowest BCUT2D eigenvalue weighted by Crippen LogP contribution is -2.35. The van der Waals surface area contributed by atoms with Crippen molar-refractivity contribution in [1.82, 2.24) is 14.9 Å². The first-order valence-electron chi connectivity index (χ1n) is 6.12. The molecule has 8 heteroatoms. The van der Waals surface area contributed by atoms with Gasteiger partial charge in [-0.25, -0.2) is 19.7 Å². The number of hydrogen-bond acceptors (Lipinski definition) is 6. The number of carbonyl (C=O) groups excluding carboxylic acids is 1. The van der Waals surface area contributed by atoms with Crippen molar-refractivity contribution in [2.24, 2.45) is 4.99 Å². The molecule has 1 aliphatic heterocycles. The summed E-state index contributed by atoms with van der Waals surface area (Å²) in [5.74, 6) is -0.436. The topological polar surface area (TPSA) is 105 Å². The fraction of sp³-hybridized carbons (Fsp3) is 0.0714. The monoisotopic (exact) mass is 300 g/mol. The molecule has 1 N–H and O–H groups in total. The molecule has 0 saturated heterocycles. The fourth-order valence-corrected chi connectivity index (χ4v) is 1.90. The van der Waals surface area contributed by atoms with Gasteiger partial charge in [0, 0.05) is 18.6 Å². The molecule has 1 atom stereocenters. The molecule has 1 aliphatic rings. The van der Waals surface area contributed by atoms with E-state index in [1.54, 1.807) is 0 Å². The molecule has 1 aromatic heterocycles. The second-order valence-corrected chi connectivity index (χ2v) is 3.97. The van der Waals surface area contributed by atoms with E-state index in [1.165, 1.54) is 36.8 Å². The Bertz CT molecular complexity index is 696. The quantitative estimate of drug-likeness (QED) is 0.394. The van der Waals surface area contributed by atoms with Crippen LogP contribution < -0.4 is 0 Å². The maximum atomic E-state index is 12.4. The Balaban J connectivity index is 2.53. The van der Waals surface area contributed by atoms with Gasteiger partial charge in [-0.1, -0.05) is 25.3 Å². The number of amides is 1. The van der Waals surface area contributed by atoms with Crippen LogP contribution in [-0.4, -0.2) is 37.9 Å². The van der Waals surface area contributed by atoms with Crippen molar-refractivity contribution < 1.29 is 19.4 Å². The van der Waals surface area contributed by atoms with Crippen molar-refractivity contribution in [1.29, 1.82) is 0 Å². The van der Waals surface area contributed by atoms with Crippen molar-refractivity contribution in [2.45, 2.75) is 6.23 Å². The molecule has 2 rings (SSSR count). The van der Waals surface area contributed by atoms with E-state index in [-0.39, 0.29) is 17.2 Å². The zero-order valence-electron chi connectivity index (χ0n) is 11.4. The van der Waals surface area contributed by atoms with Gasteiger partial charge in [-0.3, -0.25) is 9.78 Å².